The molecule has 1 N–H and O–H groups in total. The molecule has 0 amide bonds. The maximum Gasteiger partial charge on any atom is 0.133 e. The highest BCUT2D eigenvalue weighted by atomic mass is 16.1. The smallest absolute Gasteiger partial charge is 0.133 e. The standard InChI is InChI=1S/C14H10N2O/c15-16-13-8-6-12(7-9-13)14(10-17)11-4-2-1-3-5-11/h1-9,15H. The minimum atomic E-state index is 0.516. The normalized spacial score (nSPS) is 9.41. The van der Waals surface area contributed by atoms with Crippen molar-refractivity contribution in [3.05, 3.63) is 65.7 Å². The highest BCUT2D eigenvalue weighted by Crippen LogP contribution is 2.22. The summed E-state index contributed by atoms with van der Waals surface area (Å²) in [6.45, 7) is 0. The van der Waals surface area contributed by atoms with Gasteiger partial charge in [0.2, 0.25) is 0 Å². The monoisotopic (exact) mass is 222 g/mol. The van der Waals surface area contributed by atoms with Crippen molar-refractivity contribution < 1.29 is 4.79 Å². The topological polar surface area (TPSA) is 53.3 Å². The van der Waals surface area contributed by atoms with E-state index in [-0.39, 0.29) is 0 Å². The van der Waals surface area contributed by atoms with Gasteiger partial charge in [-0.25, -0.2) is 10.3 Å². The Morgan fingerprint density at radius 2 is 1.53 bits per heavy atom. The molecule has 2 aromatic rings. The molecule has 0 aromatic heterocycles. The van der Waals surface area contributed by atoms with Crippen LogP contribution in [0, 0.1) is 5.53 Å². The van der Waals surface area contributed by atoms with Crippen molar-refractivity contribution in [1.82, 2.24) is 0 Å². The van der Waals surface area contributed by atoms with Crippen LogP contribution in [0.5, 0.6) is 0 Å². The van der Waals surface area contributed by atoms with Gasteiger partial charge in [-0.3, -0.25) is 0 Å². The quantitative estimate of drug-likeness (QED) is 0.625. The van der Waals surface area contributed by atoms with E-state index in [9.17, 15) is 4.79 Å². The van der Waals surface area contributed by atoms with E-state index in [0.717, 1.165) is 11.1 Å². The lowest BCUT2D eigenvalue weighted by molar-refractivity contribution is 0.569. The Balaban J connectivity index is 2.44. The number of nitrogens with one attached hydrogen (secondary N) is 1. The Labute approximate surface area is 98.9 Å². The lowest BCUT2D eigenvalue weighted by atomic mass is 9.99. The molecule has 0 atom stereocenters. The Morgan fingerprint density at radius 3 is 2.06 bits per heavy atom. The van der Waals surface area contributed by atoms with E-state index in [2.05, 4.69) is 5.11 Å². The summed E-state index contributed by atoms with van der Waals surface area (Å²) in [4.78, 5) is 11.0. The molecule has 3 nitrogen and oxygen atoms in total. The Bertz CT molecular complexity index is 567. The number of benzene rings is 2. The summed E-state index contributed by atoms with van der Waals surface area (Å²) in [7, 11) is 0. The molecule has 2 rings (SSSR count). The molecular formula is C14H10N2O. The van der Waals surface area contributed by atoms with E-state index in [1.807, 2.05) is 36.3 Å². The first-order valence-corrected chi connectivity index (χ1v) is 5.13. The molecule has 82 valence electrons. The highest BCUT2D eigenvalue weighted by molar-refractivity contribution is 5.97. The van der Waals surface area contributed by atoms with Crippen LogP contribution in [0.3, 0.4) is 0 Å². The third kappa shape index (κ3) is 2.36. The van der Waals surface area contributed by atoms with Crippen LogP contribution in [0.4, 0.5) is 5.69 Å². The van der Waals surface area contributed by atoms with Crippen molar-refractivity contribution in [2.75, 3.05) is 0 Å². The SMILES string of the molecule is N=Nc1ccc(C(=C=O)c2ccccc2)cc1. The van der Waals surface area contributed by atoms with Crippen LogP contribution < -0.4 is 0 Å². The fourth-order valence-electron chi connectivity index (χ4n) is 1.59. The zero-order valence-corrected chi connectivity index (χ0v) is 9.05. The molecule has 0 heterocycles. The summed E-state index contributed by atoms with van der Waals surface area (Å²) in [6.07, 6.45) is 0. The molecule has 0 fully saturated rings. The molecule has 0 saturated heterocycles. The maximum atomic E-state index is 11.0. The van der Waals surface area contributed by atoms with Gasteiger partial charge in [-0.05, 0) is 23.3 Å². The predicted molar refractivity (Wildman–Crippen MR) is 65.9 cm³/mol. The average Bonchev–Trinajstić information content (AvgIpc) is 2.42. The summed E-state index contributed by atoms with van der Waals surface area (Å²) in [6, 6.07) is 16.3. The Hall–Kier alpha value is -2.51. The average molecular weight is 222 g/mol. The van der Waals surface area contributed by atoms with E-state index in [0.29, 0.717) is 11.3 Å². The lowest BCUT2D eigenvalue weighted by Gasteiger charge is -2.03. The number of nitrogens with zero attached hydrogens (tertiary/aromatic N) is 1. The number of carbonyl (C=O) groups excluding carboxylic acids is 1. The van der Waals surface area contributed by atoms with Gasteiger partial charge in [-0.2, -0.15) is 5.11 Å². The first kappa shape index (κ1) is 11.0. The molecule has 0 aliphatic carbocycles. The van der Waals surface area contributed by atoms with Crippen LogP contribution in [-0.2, 0) is 4.79 Å². The molecular weight excluding hydrogens is 212 g/mol. The molecule has 3 heteroatoms. The Morgan fingerprint density at radius 1 is 0.941 bits per heavy atom. The lowest BCUT2D eigenvalue weighted by Crippen LogP contribution is -1.87. The summed E-state index contributed by atoms with van der Waals surface area (Å²) >= 11 is 0. The fourth-order valence-corrected chi connectivity index (χ4v) is 1.59. The zero-order valence-electron chi connectivity index (χ0n) is 9.05. The molecule has 0 aliphatic rings. The van der Waals surface area contributed by atoms with E-state index in [1.165, 1.54) is 0 Å². The molecule has 0 radical (unpaired) electrons. The van der Waals surface area contributed by atoms with Crippen molar-refractivity contribution in [2.24, 2.45) is 5.11 Å². The second-order valence-corrected chi connectivity index (χ2v) is 3.50. The highest BCUT2D eigenvalue weighted by Gasteiger charge is 2.05. The maximum absolute atomic E-state index is 11.0. The van der Waals surface area contributed by atoms with Gasteiger partial charge in [0, 0.05) is 0 Å². The van der Waals surface area contributed by atoms with Crippen LogP contribution in [-0.4, -0.2) is 5.94 Å². The summed E-state index contributed by atoms with van der Waals surface area (Å²) in [5, 5.41) is 3.31. The third-order valence-electron chi connectivity index (χ3n) is 2.45. The minimum Gasteiger partial charge on any atom is -0.233 e. The van der Waals surface area contributed by atoms with Crippen molar-refractivity contribution in [2.45, 2.75) is 0 Å². The third-order valence-corrected chi connectivity index (χ3v) is 2.45. The molecule has 0 bridgehead atoms. The van der Waals surface area contributed by atoms with E-state index in [4.69, 9.17) is 5.53 Å². The molecule has 0 spiro atoms. The van der Waals surface area contributed by atoms with Crippen molar-refractivity contribution in [3.63, 3.8) is 0 Å². The predicted octanol–water partition coefficient (Wildman–Crippen LogP) is 3.61. The first-order valence-electron chi connectivity index (χ1n) is 5.13. The van der Waals surface area contributed by atoms with Gasteiger partial charge in [0.15, 0.2) is 0 Å². The second kappa shape index (κ2) is 5.01. The van der Waals surface area contributed by atoms with Crippen molar-refractivity contribution in [3.8, 4) is 0 Å². The van der Waals surface area contributed by atoms with Crippen LogP contribution in [0.2, 0.25) is 0 Å². The van der Waals surface area contributed by atoms with Crippen LogP contribution in [0.25, 0.3) is 5.57 Å². The largest absolute Gasteiger partial charge is 0.233 e. The molecule has 17 heavy (non-hydrogen) atoms. The van der Waals surface area contributed by atoms with E-state index >= 15 is 0 Å². The van der Waals surface area contributed by atoms with Crippen LogP contribution in [0.1, 0.15) is 11.1 Å². The van der Waals surface area contributed by atoms with Gasteiger partial charge < -0.3 is 0 Å². The molecule has 2 aromatic carbocycles. The van der Waals surface area contributed by atoms with Gasteiger partial charge in [0.1, 0.15) is 5.94 Å². The van der Waals surface area contributed by atoms with Gasteiger partial charge in [-0.1, -0.05) is 42.5 Å². The van der Waals surface area contributed by atoms with Crippen molar-refractivity contribution >= 4 is 17.2 Å². The van der Waals surface area contributed by atoms with E-state index in [1.54, 1.807) is 24.3 Å². The summed E-state index contributed by atoms with van der Waals surface area (Å²) < 4.78 is 0. The van der Waals surface area contributed by atoms with E-state index < -0.39 is 0 Å². The minimum absolute atomic E-state index is 0.516. The summed E-state index contributed by atoms with van der Waals surface area (Å²) in [5.41, 5.74) is 9.56. The summed E-state index contributed by atoms with van der Waals surface area (Å²) in [5.74, 6) is 1.96. The zero-order chi connectivity index (χ0) is 12.1. The molecule has 0 aliphatic heterocycles. The fraction of sp³-hybridized carbons (Fsp3) is 0. The molecule has 0 saturated carbocycles. The van der Waals surface area contributed by atoms with Gasteiger partial charge in [0.25, 0.3) is 0 Å². The number of rotatable bonds is 3. The van der Waals surface area contributed by atoms with Crippen LogP contribution in [0.15, 0.2) is 59.7 Å². The van der Waals surface area contributed by atoms with Crippen LogP contribution >= 0.6 is 0 Å². The van der Waals surface area contributed by atoms with Gasteiger partial charge in [0.05, 0.1) is 11.3 Å². The first-order chi connectivity index (χ1) is 8.35. The van der Waals surface area contributed by atoms with Gasteiger partial charge in [-0.15, -0.1) is 0 Å². The second-order valence-electron chi connectivity index (χ2n) is 3.50. The molecule has 0 unspecified atom stereocenters. The number of hydrogen-bond donors (Lipinski definition) is 1. The van der Waals surface area contributed by atoms with Crippen molar-refractivity contribution in [1.29, 1.82) is 5.53 Å². The Kier molecular flexibility index (Phi) is 3.24. The number of hydrogen-bond acceptors (Lipinski definition) is 3. The van der Waals surface area contributed by atoms with Gasteiger partial charge >= 0.3 is 0 Å².